The van der Waals surface area contributed by atoms with Crippen molar-refractivity contribution in [3.63, 3.8) is 0 Å². The smallest absolute Gasteiger partial charge is 0.133 e. The van der Waals surface area contributed by atoms with Crippen LogP contribution in [0.3, 0.4) is 0 Å². The van der Waals surface area contributed by atoms with E-state index in [1.54, 1.807) is 19.1 Å². The third-order valence-electron chi connectivity index (χ3n) is 2.87. The minimum Gasteiger partial charge on any atom is -0.467 e. The number of benzene rings is 1. The van der Waals surface area contributed by atoms with Crippen LogP contribution in [-0.4, -0.2) is 11.7 Å². The Labute approximate surface area is 109 Å². The van der Waals surface area contributed by atoms with Crippen molar-refractivity contribution in [2.45, 2.75) is 19.1 Å². The van der Waals surface area contributed by atoms with Crippen molar-refractivity contribution in [2.24, 2.45) is 0 Å². The van der Waals surface area contributed by atoms with Crippen LogP contribution in [0.4, 0.5) is 8.78 Å². The average Bonchev–Trinajstić information content (AvgIpc) is 2.88. The second-order valence-corrected chi connectivity index (χ2v) is 4.36. The Bertz CT molecular complexity index is 508. The summed E-state index contributed by atoms with van der Waals surface area (Å²) in [7, 11) is 0. The summed E-state index contributed by atoms with van der Waals surface area (Å²) in [5.74, 6) is -0.782. The molecule has 0 bridgehead atoms. The lowest BCUT2D eigenvalue weighted by molar-refractivity contribution is 0.144. The molecule has 0 fully saturated rings. The van der Waals surface area contributed by atoms with Crippen molar-refractivity contribution in [3.8, 4) is 0 Å². The van der Waals surface area contributed by atoms with E-state index in [-0.39, 0.29) is 12.6 Å². The summed E-state index contributed by atoms with van der Waals surface area (Å²) in [6.07, 6.45) is 0.681. The van der Waals surface area contributed by atoms with Gasteiger partial charge in [-0.05, 0) is 36.8 Å². The zero-order valence-electron chi connectivity index (χ0n) is 10.4. The number of hydrogen-bond acceptors (Lipinski definition) is 3. The molecule has 0 saturated carbocycles. The van der Waals surface area contributed by atoms with Gasteiger partial charge in [-0.25, -0.2) is 8.78 Å². The molecule has 19 heavy (non-hydrogen) atoms. The van der Waals surface area contributed by atoms with E-state index >= 15 is 0 Å². The van der Waals surface area contributed by atoms with E-state index in [0.29, 0.717) is 11.3 Å². The van der Waals surface area contributed by atoms with Gasteiger partial charge in [0.15, 0.2) is 0 Å². The molecular weight excluding hydrogens is 252 g/mol. The molecule has 0 saturated heterocycles. The SMILES string of the molecule is CC(NCC(O)c1ccco1)c1cc(F)cc(F)c1. The number of rotatable bonds is 5. The quantitative estimate of drug-likeness (QED) is 0.875. The lowest BCUT2D eigenvalue weighted by Crippen LogP contribution is -2.24. The fourth-order valence-corrected chi connectivity index (χ4v) is 1.81. The maximum Gasteiger partial charge on any atom is 0.133 e. The Morgan fingerprint density at radius 2 is 1.95 bits per heavy atom. The number of furan rings is 1. The lowest BCUT2D eigenvalue weighted by atomic mass is 10.1. The van der Waals surface area contributed by atoms with Crippen LogP contribution in [0, 0.1) is 11.6 Å². The van der Waals surface area contributed by atoms with Gasteiger partial charge in [-0.15, -0.1) is 0 Å². The zero-order chi connectivity index (χ0) is 13.8. The fourth-order valence-electron chi connectivity index (χ4n) is 1.81. The van der Waals surface area contributed by atoms with Crippen LogP contribution < -0.4 is 5.32 Å². The summed E-state index contributed by atoms with van der Waals surface area (Å²) in [4.78, 5) is 0. The molecule has 3 nitrogen and oxygen atoms in total. The normalized spacial score (nSPS) is 14.3. The van der Waals surface area contributed by atoms with E-state index in [4.69, 9.17) is 4.42 Å². The second kappa shape index (κ2) is 5.95. The summed E-state index contributed by atoms with van der Waals surface area (Å²) < 4.78 is 31.2. The maximum absolute atomic E-state index is 13.1. The number of aliphatic hydroxyl groups excluding tert-OH is 1. The van der Waals surface area contributed by atoms with Gasteiger partial charge < -0.3 is 14.8 Å². The monoisotopic (exact) mass is 267 g/mol. The Morgan fingerprint density at radius 3 is 2.53 bits per heavy atom. The van der Waals surface area contributed by atoms with Crippen LogP contribution in [0.5, 0.6) is 0 Å². The number of halogens is 2. The molecule has 0 amide bonds. The van der Waals surface area contributed by atoms with E-state index in [9.17, 15) is 13.9 Å². The van der Waals surface area contributed by atoms with E-state index in [2.05, 4.69) is 5.32 Å². The van der Waals surface area contributed by atoms with Crippen LogP contribution in [0.15, 0.2) is 41.0 Å². The summed E-state index contributed by atoms with van der Waals surface area (Å²) in [6, 6.07) is 6.42. The largest absolute Gasteiger partial charge is 0.467 e. The van der Waals surface area contributed by atoms with E-state index < -0.39 is 17.7 Å². The molecule has 5 heteroatoms. The molecule has 1 aromatic heterocycles. The van der Waals surface area contributed by atoms with E-state index in [1.807, 2.05) is 0 Å². The van der Waals surface area contributed by atoms with Crippen LogP contribution in [-0.2, 0) is 0 Å². The molecule has 0 aliphatic heterocycles. The van der Waals surface area contributed by atoms with Gasteiger partial charge in [0, 0.05) is 18.7 Å². The first-order valence-corrected chi connectivity index (χ1v) is 5.97. The van der Waals surface area contributed by atoms with Gasteiger partial charge in [-0.3, -0.25) is 0 Å². The van der Waals surface area contributed by atoms with Crippen molar-refractivity contribution in [3.05, 3.63) is 59.6 Å². The van der Waals surface area contributed by atoms with E-state index in [0.717, 1.165) is 6.07 Å². The molecule has 1 heterocycles. The highest BCUT2D eigenvalue weighted by atomic mass is 19.1. The van der Waals surface area contributed by atoms with Gasteiger partial charge in [-0.2, -0.15) is 0 Å². The van der Waals surface area contributed by atoms with Crippen LogP contribution >= 0.6 is 0 Å². The molecule has 0 radical (unpaired) electrons. The molecule has 0 spiro atoms. The molecule has 2 N–H and O–H groups in total. The molecule has 102 valence electrons. The summed E-state index contributed by atoms with van der Waals surface area (Å²) in [5.41, 5.74) is 0.490. The molecule has 0 aliphatic rings. The van der Waals surface area contributed by atoms with Crippen molar-refractivity contribution in [2.75, 3.05) is 6.54 Å². The Kier molecular flexibility index (Phi) is 4.29. The fraction of sp³-hybridized carbons (Fsp3) is 0.286. The molecule has 2 atom stereocenters. The molecule has 0 aliphatic carbocycles. The summed E-state index contributed by atoms with van der Waals surface area (Å²) in [6.45, 7) is 2.00. The predicted molar refractivity (Wildman–Crippen MR) is 66.4 cm³/mol. The number of aliphatic hydroxyl groups is 1. The third kappa shape index (κ3) is 3.62. The topological polar surface area (TPSA) is 45.4 Å². The standard InChI is InChI=1S/C14H15F2NO2/c1-9(10-5-11(15)7-12(16)6-10)17-8-13(18)14-3-2-4-19-14/h2-7,9,13,17-18H,8H2,1H3. The van der Waals surface area contributed by atoms with Gasteiger partial charge in [0.25, 0.3) is 0 Å². The average molecular weight is 267 g/mol. The molecule has 2 unspecified atom stereocenters. The van der Waals surface area contributed by atoms with Crippen molar-refractivity contribution < 1.29 is 18.3 Å². The Morgan fingerprint density at radius 1 is 1.26 bits per heavy atom. The van der Waals surface area contributed by atoms with Gasteiger partial charge in [-0.1, -0.05) is 0 Å². The molecule has 1 aromatic carbocycles. The van der Waals surface area contributed by atoms with Crippen LogP contribution in [0.25, 0.3) is 0 Å². The summed E-state index contributed by atoms with van der Waals surface area (Å²) in [5, 5.41) is 12.8. The van der Waals surface area contributed by atoms with Gasteiger partial charge in [0.05, 0.1) is 6.26 Å². The zero-order valence-corrected chi connectivity index (χ0v) is 10.4. The first kappa shape index (κ1) is 13.7. The minimum absolute atomic E-state index is 0.229. The van der Waals surface area contributed by atoms with Gasteiger partial charge in [0.1, 0.15) is 23.5 Å². The molecule has 2 aromatic rings. The van der Waals surface area contributed by atoms with Crippen LogP contribution in [0.2, 0.25) is 0 Å². The predicted octanol–water partition coefficient (Wildman–Crippen LogP) is 2.94. The molecular formula is C14H15F2NO2. The first-order valence-electron chi connectivity index (χ1n) is 5.97. The van der Waals surface area contributed by atoms with Crippen molar-refractivity contribution in [1.82, 2.24) is 5.32 Å². The maximum atomic E-state index is 13.1. The second-order valence-electron chi connectivity index (χ2n) is 4.36. The van der Waals surface area contributed by atoms with Gasteiger partial charge in [0.2, 0.25) is 0 Å². The lowest BCUT2D eigenvalue weighted by Gasteiger charge is -2.16. The minimum atomic E-state index is -0.796. The van der Waals surface area contributed by atoms with Crippen molar-refractivity contribution >= 4 is 0 Å². The van der Waals surface area contributed by atoms with Crippen LogP contribution in [0.1, 0.15) is 30.4 Å². The Hall–Kier alpha value is -1.72. The Balaban J connectivity index is 1.95. The van der Waals surface area contributed by atoms with Gasteiger partial charge >= 0.3 is 0 Å². The number of hydrogen-bond donors (Lipinski definition) is 2. The van der Waals surface area contributed by atoms with Crippen molar-refractivity contribution in [1.29, 1.82) is 0 Å². The first-order chi connectivity index (χ1) is 9.06. The highest BCUT2D eigenvalue weighted by Gasteiger charge is 2.13. The highest BCUT2D eigenvalue weighted by molar-refractivity contribution is 5.21. The number of nitrogens with one attached hydrogen (secondary N) is 1. The molecule has 2 rings (SSSR count). The highest BCUT2D eigenvalue weighted by Crippen LogP contribution is 2.18. The third-order valence-corrected chi connectivity index (χ3v) is 2.87. The van der Waals surface area contributed by atoms with E-state index in [1.165, 1.54) is 18.4 Å². The summed E-state index contributed by atoms with van der Waals surface area (Å²) >= 11 is 0.